The molecule has 2 heterocycles. The predicted octanol–water partition coefficient (Wildman–Crippen LogP) is 2.32. The third-order valence-electron chi connectivity index (χ3n) is 2.93. The molecule has 0 amide bonds. The minimum Gasteiger partial charge on any atom is -0.480 e. The summed E-state index contributed by atoms with van der Waals surface area (Å²) in [5.41, 5.74) is 2.07. The third kappa shape index (κ3) is 5.20. The Morgan fingerprint density at radius 2 is 2.14 bits per heavy atom. The summed E-state index contributed by atoms with van der Waals surface area (Å²) >= 11 is 3.25. The molecule has 0 aliphatic heterocycles. The molecule has 0 aliphatic rings. The molecule has 0 saturated carbocycles. The van der Waals surface area contributed by atoms with Crippen molar-refractivity contribution in [1.82, 2.24) is 14.8 Å². The molecular formula is C14H19N3O2S2. The van der Waals surface area contributed by atoms with Crippen LogP contribution in [-0.2, 0) is 11.3 Å². The van der Waals surface area contributed by atoms with E-state index in [1.807, 2.05) is 40.7 Å². The summed E-state index contributed by atoms with van der Waals surface area (Å²) in [5.74, 6) is -0.804. The van der Waals surface area contributed by atoms with Gasteiger partial charge in [-0.3, -0.25) is 9.69 Å². The first-order valence-corrected chi connectivity index (χ1v) is 8.42. The van der Waals surface area contributed by atoms with E-state index in [0.29, 0.717) is 13.1 Å². The molecule has 5 nitrogen and oxygen atoms in total. The number of carboxylic acid groups (broad SMARTS) is 1. The van der Waals surface area contributed by atoms with Crippen LogP contribution in [0.25, 0.3) is 10.6 Å². The predicted molar refractivity (Wildman–Crippen MR) is 86.9 cm³/mol. The molecule has 0 radical (unpaired) electrons. The molecule has 21 heavy (non-hydrogen) atoms. The molecule has 2 aromatic rings. The second-order valence-electron chi connectivity index (χ2n) is 5.06. The first-order chi connectivity index (χ1) is 10.0. The van der Waals surface area contributed by atoms with E-state index in [1.165, 1.54) is 0 Å². The highest BCUT2D eigenvalue weighted by Crippen LogP contribution is 2.26. The number of aromatic nitrogens is 1. The number of carboxylic acids is 1. The summed E-state index contributed by atoms with van der Waals surface area (Å²) in [5, 5.41) is 16.1. The smallest absolute Gasteiger partial charge is 0.317 e. The number of rotatable bonds is 8. The average Bonchev–Trinajstić information content (AvgIpc) is 3.05. The molecule has 0 unspecified atom stereocenters. The fourth-order valence-corrected chi connectivity index (χ4v) is 3.40. The van der Waals surface area contributed by atoms with Gasteiger partial charge in [-0.25, -0.2) is 4.98 Å². The van der Waals surface area contributed by atoms with Gasteiger partial charge in [-0.05, 0) is 25.5 Å². The maximum absolute atomic E-state index is 11.0. The average molecular weight is 325 g/mol. The Labute approximate surface area is 132 Å². The topological polar surface area (TPSA) is 56.7 Å². The molecule has 2 rings (SSSR count). The molecule has 0 spiro atoms. The van der Waals surface area contributed by atoms with Gasteiger partial charge >= 0.3 is 5.97 Å². The van der Waals surface area contributed by atoms with Gasteiger partial charge in [0.15, 0.2) is 0 Å². The summed E-state index contributed by atoms with van der Waals surface area (Å²) in [6.07, 6.45) is 0. The summed E-state index contributed by atoms with van der Waals surface area (Å²) in [4.78, 5) is 19.5. The van der Waals surface area contributed by atoms with Crippen LogP contribution in [0.1, 0.15) is 5.69 Å². The molecule has 0 atom stereocenters. The number of aliphatic carboxylic acids is 1. The normalized spacial score (nSPS) is 11.4. The summed E-state index contributed by atoms with van der Waals surface area (Å²) in [7, 11) is 3.97. The van der Waals surface area contributed by atoms with Crippen molar-refractivity contribution < 1.29 is 9.90 Å². The maximum Gasteiger partial charge on any atom is 0.317 e. The van der Waals surface area contributed by atoms with E-state index >= 15 is 0 Å². The van der Waals surface area contributed by atoms with E-state index in [4.69, 9.17) is 5.11 Å². The van der Waals surface area contributed by atoms with Crippen LogP contribution in [0, 0.1) is 0 Å². The Bertz CT molecular complexity index is 567. The van der Waals surface area contributed by atoms with Crippen molar-refractivity contribution in [3.8, 4) is 10.6 Å². The lowest BCUT2D eigenvalue weighted by atomic mass is 10.3. The van der Waals surface area contributed by atoms with Crippen molar-refractivity contribution in [2.24, 2.45) is 0 Å². The van der Waals surface area contributed by atoms with E-state index in [1.54, 1.807) is 22.7 Å². The molecule has 0 aliphatic carbocycles. The van der Waals surface area contributed by atoms with Crippen LogP contribution in [0.5, 0.6) is 0 Å². The highest BCUT2D eigenvalue weighted by Gasteiger charge is 2.13. The number of hydrogen-bond donors (Lipinski definition) is 1. The highest BCUT2D eigenvalue weighted by molar-refractivity contribution is 7.14. The maximum atomic E-state index is 11.0. The SMILES string of the molecule is CN(C)CCN(CC(=O)O)Cc1csc(-c2ccsc2)n1. The Hall–Kier alpha value is -1.28. The van der Waals surface area contributed by atoms with Crippen molar-refractivity contribution in [3.05, 3.63) is 27.9 Å². The Kier molecular flexibility index (Phi) is 5.86. The van der Waals surface area contributed by atoms with Gasteiger partial charge in [0.05, 0.1) is 12.2 Å². The van der Waals surface area contributed by atoms with Gasteiger partial charge < -0.3 is 10.0 Å². The number of carbonyl (C=O) groups is 1. The van der Waals surface area contributed by atoms with E-state index in [2.05, 4.69) is 10.4 Å². The first kappa shape index (κ1) is 16.1. The van der Waals surface area contributed by atoms with Crippen molar-refractivity contribution in [2.75, 3.05) is 33.7 Å². The van der Waals surface area contributed by atoms with Gasteiger partial charge in [0.25, 0.3) is 0 Å². The van der Waals surface area contributed by atoms with Gasteiger partial charge in [-0.1, -0.05) is 0 Å². The number of hydrogen-bond acceptors (Lipinski definition) is 6. The van der Waals surface area contributed by atoms with Crippen LogP contribution in [0.4, 0.5) is 0 Å². The van der Waals surface area contributed by atoms with Crippen LogP contribution in [0.15, 0.2) is 22.2 Å². The highest BCUT2D eigenvalue weighted by atomic mass is 32.1. The molecule has 2 aromatic heterocycles. The van der Waals surface area contributed by atoms with Crippen molar-refractivity contribution in [3.63, 3.8) is 0 Å². The Morgan fingerprint density at radius 1 is 1.33 bits per heavy atom. The van der Waals surface area contributed by atoms with Crippen LogP contribution in [-0.4, -0.2) is 59.6 Å². The molecule has 7 heteroatoms. The van der Waals surface area contributed by atoms with E-state index < -0.39 is 5.97 Å². The molecule has 0 aromatic carbocycles. The molecule has 0 saturated heterocycles. The molecule has 0 fully saturated rings. The first-order valence-electron chi connectivity index (χ1n) is 6.60. The summed E-state index contributed by atoms with van der Waals surface area (Å²) in [6, 6.07) is 2.05. The van der Waals surface area contributed by atoms with Crippen molar-refractivity contribution >= 4 is 28.6 Å². The largest absolute Gasteiger partial charge is 0.480 e. The zero-order valence-electron chi connectivity index (χ0n) is 12.2. The van der Waals surface area contributed by atoms with Gasteiger partial charge in [-0.2, -0.15) is 11.3 Å². The standard InChI is InChI=1S/C14H19N3O2S2/c1-16(2)4-5-17(8-13(18)19)7-12-10-21-14(15-12)11-3-6-20-9-11/h3,6,9-10H,4-5,7-8H2,1-2H3,(H,18,19). The van der Waals surface area contributed by atoms with Gasteiger partial charge in [-0.15, -0.1) is 11.3 Å². The zero-order valence-corrected chi connectivity index (χ0v) is 13.8. The fraction of sp³-hybridized carbons (Fsp3) is 0.429. The zero-order chi connectivity index (χ0) is 15.2. The molecule has 1 N–H and O–H groups in total. The molecule has 0 bridgehead atoms. The number of likely N-dealkylation sites (N-methyl/N-ethyl adjacent to an activating group) is 1. The van der Waals surface area contributed by atoms with Crippen LogP contribution in [0.2, 0.25) is 0 Å². The monoisotopic (exact) mass is 325 g/mol. The minimum atomic E-state index is -0.804. The van der Waals surface area contributed by atoms with Crippen molar-refractivity contribution in [1.29, 1.82) is 0 Å². The number of thiazole rings is 1. The van der Waals surface area contributed by atoms with Crippen LogP contribution >= 0.6 is 22.7 Å². The van der Waals surface area contributed by atoms with Crippen LogP contribution in [0.3, 0.4) is 0 Å². The van der Waals surface area contributed by atoms with Gasteiger partial charge in [0.2, 0.25) is 0 Å². The lowest BCUT2D eigenvalue weighted by Crippen LogP contribution is -2.35. The molecular weight excluding hydrogens is 306 g/mol. The Balaban J connectivity index is 2.00. The van der Waals surface area contributed by atoms with Gasteiger partial charge in [0, 0.05) is 36.0 Å². The fourth-order valence-electron chi connectivity index (χ4n) is 1.87. The van der Waals surface area contributed by atoms with Gasteiger partial charge in [0.1, 0.15) is 5.01 Å². The minimum absolute atomic E-state index is 0.0408. The third-order valence-corrected chi connectivity index (χ3v) is 4.55. The van der Waals surface area contributed by atoms with E-state index in [-0.39, 0.29) is 6.54 Å². The van der Waals surface area contributed by atoms with E-state index in [0.717, 1.165) is 22.8 Å². The number of thiophene rings is 1. The molecule has 114 valence electrons. The number of nitrogens with zero attached hydrogens (tertiary/aromatic N) is 3. The lowest BCUT2D eigenvalue weighted by Gasteiger charge is -2.21. The Morgan fingerprint density at radius 3 is 2.76 bits per heavy atom. The second kappa shape index (κ2) is 7.65. The van der Waals surface area contributed by atoms with Crippen molar-refractivity contribution in [2.45, 2.75) is 6.54 Å². The van der Waals surface area contributed by atoms with Crippen LogP contribution < -0.4 is 0 Å². The summed E-state index contributed by atoms with van der Waals surface area (Å²) in [6.45, 7) is 2.15. The second-order valence-corrected chi connectivity index (χ2v) is 6.70. The summed E-state index contributed by atoms with van der Waals surface area (Å²) < 4.78 is 0. The quantitative estimate of drug-likeness (QED) is 0.807. The van der Waals surface area contributed by atoms with E-state index in [9.17, 15) is 4.79 Å². The lowest BCUT2D eigenvalue weighted by molar-refractivity contribution is -0.138.